The molecule has 1 aliphatic rings. The summed E-state index contributed by atoms with van der Waals surface area (Å²) in [7, 11) is 0. The average Bonchev–Trinajstić information content (AvgIpc) is 2.69. The number of carbonyl (C=O) groups excluding carboxylic acids is 2. The van der Waals surface area contributed by atoms with Crippen LogP contribution in [0.1, 0.15) is 22.8 Å². The summed E-state index contributed by atoms with van der Waals surface area (Å²) in [6.45, 7) is 4.46. The Morgan fingerprint density at radius 2 is 1.58 bits per heavy atom. The van der Waals surface area contributed by atoms with E-state index in [0.29, 0.717) is 31.7 Å². The normalized spacial score (nSPS) is 16.3. The third-order valence-corrected chi connectivity index (χ3v) is 4.99. The molecule has 0 saturated carbocycles. The summed E-state index contributed by atoms with van der Waals surface area (Å²) in [5, 5.41) is 9.83. The number of ketones is 1. The number of phenols is 1. The zero-order chi connectivity index (χ0) is 18.5. The van der Waals surface area contributed by atoms with Crippen LogP contribution < -0.4 is 0 Å². The van der Waals surface area contributed by atoms with Gasteiger partial charge in [0.1, 0.15) is 5.75 Å². The second-order valence-electron chi connectivity index (χ2n) is 6.63. The van der Waals surface area contributed by atoms with Crippen LogP contribution in [0.25, 0.3) is 0 Å². The number of benzene rings is 2. The number of piperazine rings is 1. The molecule has 5 nitrogen and oxygen atoms in total. The summed E-state index contributed by atoms with van der Waals surface area (Å²) in [5.74, 6) is 0.273. The molecule has 1 aliphatic heterocycles. The van der Waals surface area contributed by atoms with Gasteiger partial charge < -0.3 is 10.0 Å². The smallest absolute Gasteiger partial charge is 0.227 e. The summed E-state index contributed by atoms with van der Waals surface area (Å²) in [6, 6.07) is 16.0. The standard InChI is InChI=1S/C21H24N2O3/c1-16(21(26)17-7-3-2-4-8-17)22-11-13-23(14-12-22)20(25)15-18-9-5-6-10-19(18)24/h2-10,16,24H,11-15H2,1H3. The van der Waals surface area contributed by atoms with Gasteiger partial charge in [-0.05, 0) is 13.0 Å². The van der Waals surface area contributed by atoms with Crippen molar-refractivity contribution < 1.29 is 14.7 Å². The molecule has 1 amide bonds. The molecule has 1 heterocycles. The number of carbonyl (C=O) groups is 2. The van der Waals surface area contributed by atoms with Crippen LogP contribution >= 0.6 is 0 Å². The van der Waals surface area contributed by atoms with Crippen LogP contribution in [0.3, 0.4) is 0 Å². The number of hydrogen-bond acceptors (Lipinski definition) is 4. The van der Waals surface area contributed by atoms with Crippen molar-refractivity contribution >= 4 is 11.7 Å². The van der Waals surface area contributed by atoms with Gasteiger partial charge in [-0.2, -0.15) is 0 Å². The SMILES string of the molecule is CC(C(=O)c1ccccc1)N1CCN(C(=O)Cc2ccccc2O)CC1. The van der Waals surface area contributed by atoms with E-state index in [0.717, 1.165) is 5.56 Å². The van der Waals surface area contributed by atoms with Crippen LogP contribution in [0.4, 0.5) is 0 Å². The quantitative estimate of drug-likeness (QED) is 0.839. The van der Waals surface area contributed by atoms with Gasteiger partial charge in [0, 0.05) is 37.3 Å². The molecule has 0 bridgehead atoms. The summed E-state index contributed by atoms with van der Waals surface area (Å²) in [4.78, 5) is 29.0. The van der Waals surface area contributed by atoms with Crippen LogP contribution in [0, 0.1) is 0 Å². The van der Waals surface area contributed by atoms with Gasteiger partial charge in [-0.1, -0.05) is 48.5 Å². The maximum absolute atomic E-state index is 12.6. The van der Waals surface area contributed by atoms with Crippen molar-refractivity contribution in [2.24, 2.45) is 0 Å². The van der Waals surface area contributed by atoms with E-state index in [4.69, 9.17) is 0 Å². The van der Waals surface area contributed by atoms with Gasteiger partial charge in [0.05, 0.1) is 12.5 Å². The predicted molar refractivity (Wildman–Crippen MR) is 100 cm³/mol. The van der Waals surface area contributed by atoms with Gasteiger partial charge in [0.25, 0.3) is 0 Å². The highest BCUT2D eigenvalue weighted by molar-refractivity contribution is 5.99. The fourth-order valence-corrected chi connectivity index (χ4v) is 3.30. The molecule has 1 fully saturated rings. The van der Waals surface area contributed by atoms with E-state index in [9.17, 15) is 14.7 Å². The lowest BCUT2D eigenvalue weighted by atomic mass is 10.0. The van der Waals surface area contributed by atoms with Crippen molar-refractivity contribution in [2.75, 3.05) is 26.2 Å². The minimum atomic E-state index is -0.201. The van der Waals surface area contributed by atoms with Crippen molar-refractivity contribution in [1.82, 2.24) is 9.80 Å². The first-order valence-corrected chi connectivity index (χ1v) is 8.94. The fraction of sp³-hybridized carbons (Fsp3) is 0.333. The number of phenolic OH excluding ortho intramolecular Hbond substituents is 1. The van der Waals surface area contributed by atoms with E-state index < -0.39 is 0 Å². The van der Waals surface area contributed by atoms with Crippen molar-refractivity contribution in [3.63, 3.8) is 0 Å². The zero-order valence-electron chi connectivity index (χ0n) is 15.0. The number of nitrogens with zero attached hydrogens (tertiary/aromatic N) is 2. The van der Waals surface area contributed by atoms with E-state index in [1.54, 1.807) is 18.2 Å². The lowest BCUT2D eigenvalue weighted by Crippen LogP contribution is -2.53. The first-order valence-electron chi connectivity index (χ1n) is 8.94. The highest BCUT2D eigenvalue weighted by Crippen LogP contribution is 2.18. The second kappa shape index (κ2) is 8.15. The molecule has 3 rings (SSSR count). The molecule has 26 heavy (non-hydrogen) atoms. The topological polar surface area (TPSA) is 60.9 Å². The van der Waals surface area contributed by atoms with Crippen LogP contribution in [0.2, 0.25) is 0 Å². The number of rotatable bonds is 5. The molecule has 2 aromatic carbocycles. The highest BCUT2D eigenvalue weighted by atomic mass is 16.3. The van der Waals surface area contributed by atoms with Crippen molar-refractivity contribution in [1.29, 1.82) is 0 Å². The molecular formula is C21H24N2O3. The van der Waals surface area contributed by atoms with E-state index in [-0.39, 0.29) is 29.9 Å². The van der Waals surface area contributed by atoms with Gasteiger partial charge in [0.2, 0.25) is 5.91 Å². The Morgan fingerprint density at radius 1 is 0.962 bits per heavy atom. The maximum Gasteiger partial charge on any atom is 0.227 e. The summed E-state index contributed by atoms with van der Waals surface area (Å²) < 4.78 is 0. The molecule has 0 aromatic heterocycles. The monoisotopic (exact) mass is 352 g/mol. The van der Waals surface area contributed by atoms with Gasteiger partial charge in [0.15, 0.2) is 5.78 Å². The number of Topliss-reactive ketones (excluding diaryl/α,β-unsaturated/α-hetero) is 1. The molecule has 1 saturated heterocycles. The molecule has 136 valence electrons. The van der Waals surface area contributed by atoms with E-state index >= 15 is 0 Å². The third kappa shape index (κ3) is 4.11. The van der Waals surface area contributed by atoms with Gasteiger partial charge in [-0.15, -0.1) is 0 Å². The Hall–Kier alpha value is -2.66. The van der Waals surface area contributed by atoms with Gasteiger partial charge >= 0.3 is 0 Å². The minimum Gasteiger partial charge on any atom is -0.508 e. The first-order chi connectivity index (χ1) is 12.6. The van der Waals surface area contributed by atoms with Gasteiger partial charge in [-0.25, -0.2) is 0 Å². The van der Waals surface area contributed by atoms with Crippen molar-refractivity contribution in [3.05, 3.63) is 65.7 Å². The second-order valence-corrected chi connectivity index (χ2v) is 6.63. The first kappa shape index (κ1) is 18.1. The number of para-hydroxylation sites is 1. The lowest BCUT2D eigenvalue weighted by Gasteiger charge is -2.37. The predicted octanol–water partition coefficient (Wildman–Crippen LogP) is 2.35. The van der Waals surface area contributed by atoms with Crippen LogP contribution in [0.15, 0.2) is 54.6 Å². The third-order valence-electron chi connectivity index (χ3n) is 4.99. The summed E-state index contributed by atoms with van der Waals surface area (Å²) in [6.07, 6.45) is 0.200. The Kier molecular flexibility index (Phi) is 5.68. The number of amides is 1. The molecule has 2 aromatic rings. The molecule has 1 atom stereocenters. The molecule has 1 unspecified atom stereocenters. The van der Waals surface area contributed by atoms with Crippen LogP contribution in [-0.2, 0) is 11.2 Å². The zero-order valence-corrected chi connectivity index (χ0v) is 15.0. The largest absolute Gasteiger partial charge is 0.508 e. The average molecular weight is 352 g/mol. The van der Waals surface area contributed by atoms with Crippen LogP contribution in [-0.4, -0.2) is 58.8 Å². The van der Waals surface area contributed by atoms with Crippen molar-refractivity contribution in [3.8, 4) is 5.75 Å². The van der Waals surface area contributed by atoms with E-state index in [1.165, 1.54) is 0 Å². The Labute approximate surface area is 153 Å². The molecule has 0 spiro atoms. The number of aromatic hydroxyl groups is 1. The van der Waals surface area contributed by atoms with Crippen molar-refractivity contribution in [2.45, 2.75) is 19.4 Å². The highest BCUT2D eigenvalue weighted by Gasteiger charge is 2.28. The van der Waals surface area contributed by atoms with E-state index in [2.05, 4.69) is 4.90 Å². The number of hydrogen-bond donors (Lipinski definition) is 1. The minimum absolute atomic E-state index is 0.00758. The Balaban J connectivity index is 1.54. The van der Waals surface area contributed by atoms with E-state index in [1.807, 2.05) is 48.2 Å². The molecule has 1 N–H and O–H groups in total. The maximum atomic E-state index is 12.6. The summed E-state index contributed by atoms with van der Waals surface area (Å²) >= 11 is 0. The molecule has 5 heteroatoms. The molecule has 0 radical (unpaired) electrons. The molecule has 0 aliphatic carbocycles. The molecular weight excluding hydrogens is 328 g/mol. The Bertz CT molecular complexity index is 768. The van der Waals surface area contributed by atoms with Gasteiger partial charge in [-0.3, -0.25) is 14.5 Å². The lowest BCUT2D eigenvalue weighted by molar-refractivity contribution is -0.132. The fourth-order valence-electron chi connectivity index (χ4n) is 3.30. The summed E-state index contributed by atoms with van der Waals surface area (Å²) in [5.41, 5.74) is 1.37. The van der Waals surface area contributed by atoms with Crippen LogP contribution in [0.5, 0.6) is 5.75 Å². The Morgan fingerprint density at radius 3 is 2.23 bits per heavy atom.